The molecule has 1 saturated heterocycles. The minimum atomic E-state index is -0.383. The van der Waals surface area contributed by atoms with Crippen molar-refractivity contribution in [3.63, 3.8) is 0 Å². The van der Waals surface area contributed by atoms with E-state index in [1.165, 1.54) is 0 Å². The van der Waals surface area contributed by atoms with Gasteiger partial charge in [0.2, 0.25) is 5.91 Å². The Balaban J connectivity index is 1.95. The topological polar surface area (TPSA) is 64.9 Å². The third-order valence-corrected chi connectivity index (χ3v) is 3.64. The van der Waals surface area contributed by atoms with Crippen molar-refractivity contribution in [1.29, 1.82) is 5.26 Å². The van der Waals surface area contributed by atoms with Gasteiger partial charge in [0.15, 0.2) is 0 Å². The van der Waals surface area contributed by atoms with E-state index in [0.29, 0.717) is 5.56 Å². The Bertz CT molecular complexity index is 514. The maximum Gasteiger partial charge on any atom is 0.243 e. The van der Waals surface area contributed by atoms with Crippen LogP contribution in [0, 0.1) is 11.3 Å². The van der Waals surface area contributed by atoms with Crippen molar-refractivity contribution in [2.75, 3.05) is 0 Å². The summed E-state index contributed by atoms with van der Waals surface area (Å²) < 4.78 is 0. The van der Waals surface area contributed by atoms with Crippen molar-refractivity contribution >= 4 is 5.91 Å². The first kappa shape index (κ1) is 10.3. The minimum Gasteiger partial charge on any atom is -0.336 e. The second-order valence-electron chi connectivity index (χ2n) is 4.70. The smallest absolute Gasteiger partial charge is 0.243 e. The van der Waals surface area contributed by atoms with Crippen molar-refractivity contribution in [3.05, 3.63) is 35.4 Å². The van der Waals surface area contributed by atoms with E-state index in [4.69, 9.17) is 5.26 Å². The van der Waals surface area contributed by atoms with E-state index in [2.05, 4.69) is 16.7 Å². The van der Waals surface area contributed by atoms with Gasteiger partial charge in [0.05, 0.1) is 17.3 Å². The Labute approximate surface area is 99.6 Å². The van der Waals surface area contributed by atoms with Gasteiger partial charge in [0, 0.05) is 0 Å². The molecule has 2 aliphatic rings. The molecule has 1 unspecified atom stereocenters. The summed E-state index contributed by atoms with van der Waals surface area (Å²) >= 11 is 0. The number of carbonyl (C=O) groups excluding carboxylic acids is 1. The first-order valence-corrected chi connectivity index (χ1v) is 5.83. The van der Waals surface area contributed by atoms with E-state index in [1.54, 1.807) is 6.07 Å². The number of hydrogen-bond donors (Lipinski definition) is 2. The molecule has 1 aromatic carbocycles. The summed E-state index contributed by atoms with van der Waals surface area (Å²) in [5, 5.41) is 15.4. The van der Waals surface area contributed by atoms with Crippen LogP contribution in [0.5, 0.6) is 0 Å². The molecule has 17 heavy (non-hydrogen) atoms. The highest BCUT2D eigenvalue weighted by Gasteiger charge is 2.48. The van der Waals surface area contributed by atoms with Crippen LogP contribution in [-0.4, -0.2) is 11.6 Å². The molecule has 4 heteroatoms. The predicted octanol–water partition coefficient (Wildman–Crippen LogP) is 1.20. The van der Waals surface area contributed by atoms with Gasteiger partial charge in [-0.1, -0.05) is 18.2 Å². The van der Waals surface area contributed by atoms with Crippen LogP contribution in [0.25, 0.3) is 0 Å². The molecular weight excluding hydrogens is 214 g/mol. The molecule has 1 spiro atoms. The number of carbonyl (C=O) groups is 1. The number of rotatable bonds is 1. The normalized spacial score (nSPS) is 25.1. The van der Waals surface area contributed by atoms with Gasteiger partial charge in [-0.05, 0) is 30.9 Å². The monoisotopic (exact) mass is 227 g/mol. The van der Waals surface area contributed by atoms with E-state index in [9.17, 15) is 4.79 Å². The maximum absolute atomic E-state index is 12.0. The fourth-order valence-electron chi connectivity index (χ4n) is 2.56. The number of benzene rings is 1. The summed E-state index contributed by atoms with van der Waals surface area (Å²) in [5.74, 6) is -0.0209. The Kier molecular flexibility index (Phi) is 2.17. The third-order valence-electron chi connectivity index (χ3n) is 3.64. The van der Waals surface area contributed by atoms with E-state index in [0.717, 1.165) is 24.8 Å². The van der Waals surface area contributed by atoms with E-state index >= 15 is 0 Å². The molecule has 3 rings (SSSR count). The summed E-state index contributed by atoms with van der Waals surface area (Å²) in [5.41, 5.74) is 1.14. The minimum absolute atomic E-state index is 0.0209. The van der Waals surface area contributed by atoms with Crippen LogP contribution >= 0.6 is 0 Å². The molecule has 1 atom stereocenters. The third kappa shape index (κ3) is 1.51. The highest BCUT2D eigenvalue weighted by atomic mass is 16.2. The first-order valence-electron chi connectivity index (χ1n) is 5.83. The molecule has 1 heterocycles. The van der Waals surface area contributed by atoms with Crippen molar-refractivity contribution in [1.82, 2.24) is 10.6 Å². The van der Waals surface area contributed by atoms with Crippen LogP contribution in [0.1, 0.15) is 36.4 Å². The lowest BCUT2D eigenvalue weighted by atomic mass is 9.85. The lowest BCUT2D eigenvalue weighted by molar-refractivity contribution is -0.121. The van der Waals surface area contributed by atoms with Crippen molar-refractivity contribution in [3.8, 4) is 6.07 Å². The maximum atomic E-state index is 12.0. The highest BCUT2D eigenvalue weighted by Crippen LogP contribution is 2.37. The molecule has 4 nitrogen and oxygen atoms in total. The molecule has 86 valence electrons. The second kappa shape index (κ2) is 3.57. The molecule has 1 amide bonds. The Morgan fingerprint density at radius 1 is 1.35 bits per heavy atom. The lowest BCUT2D eigenvalue weighted by Crippen LogP contribution is -2.55. The number of nitriles is 1. The molecule has 1 aromatic rings. The summed E-state index contributed by atoms with van der Waals surface area (Å²) in [4.78, 5) is 12.0. The predicted molar refractivity (Wildman–Crippen MR) is 61.8 cm³/mol. The van der Waals surface area contributed by atoms with Crippen molar-refractivity contribution in [2.45, 2.75) is 31.0 Å². The van der Waals surface area contributed by atoms with Gasteiger partial charge >= 0.3 is 0 Å². The average molecular weight is 227 g/mol. The van der Waals surface area contributed by atoms with Crippen molar-refractivity contribution < 1.29 is 4.79 Å². The fraction of sp³-hybridized carbons (Fsp3) is 0.385. The molecule has 0 bridgehead atoms. The Hall–Kier alpha value is -1.86. The van der Waals surface area contributed by atoms with Crippen LogP contribution in [0.4, 0.5) is 0 Å². The molecular formula is C13H13N3O. The molecule has 2 N–H and O–H groups in total. The quantitative estimate of drug-likeness (QED) is 0.757. The molecule has 0 radical (unpaired) electrons. The standard InChI is InChI=1S/C13H13N3O/c14-8-9-4-1-2-5-10(9)11-12(17)16-13(15-11)6-3-7-13/h1-2,4-5,11,15H,3,6-7H2,(H,16,17). The average Bonchev–Trinajstić information content (AvgIpc) is 2.67. The van der Waals surface area contributed by atoms with Crippen LogP contribution in [0.2, 0.25) is 0 Å². The Morgan fingerprint density at radius 2 is 2.12 bits per heavy atom. The zero-order valence-corrected chi connectivity index (χ0v) is 9.36. The summed E-state index contributed by atoms with van der Waals surface area (Å²) in [6.07, 6.45) is 3.09. The second-order valence-corrected chi connectivity index (χ2v) is 4.70. The first-order chi connectivity index (χ1) is 8.24. The van der Waals surface area contributed by atoms with E-state index in [1.807, 2.05) is 18.2 Å². The SMILES string of the molecule is N#Cc1ccccc1C1NC2(CCC2)NC1=O. The number of hydrogen-bond acceptors (Lipinski definition) is 3. The molecule has 1 saturated carbocycles. The molecule has 1 aliphatic heterocycles. The van der Waals surface area contributed by atoms with E-state index in [-0.39, 0.29) is 17.6 Å². The van der Waals surface area contributed by atoms with Crippen LogP contribution in [0.15, 0.2) is 24.3 Å². The zero-order valence-electron chi connectivity index (χ0n) is 9.36. The zero-order chi connectivity index (χ0) is 11.9. The van der Waals surface area contributed by atoms with Gasteiger partial charge in [-0.3, -0.25) is 10.1 Å². The van der Waals surface area contributed by atoms with Crippen LogP contribution in [-0.2, 0) is 4.79 Å². The summed E-state index contributed by atoms with van der Waals surface area (Å²) in [6, 6.07) is 9.01. The van der Waals surface area contributed by atoms with Crippen molar-refractivity contribution in [2.24, 2.45) is 0 Å². The van der Waals surface area contributed by atoms with Gasteiger partial charge in [-0.25, -0.2) is 0 Å². The molecule has 0 aromatic heterocycles. The summed E-state index contributed by atoms with van der Waals surface area (Å²) in [6.45, 7) is 0. The van der Waals surface area contributed by atoms with Gasteiger partial charge < -0.3 is 5.32 Å². The number of amides is 1. The summed E-state index contributed by atoms with van der Waals surface area (Å²) in [7, 11) is 0. The van der Waals surface area contributed by atoms with Gasteiger partial charge in [-0.15, -0.1) is 0 Å². The van der Waals surface area contributed by atoms with Crippen LogP contribution in [0.3, 0.4) is 0 Å². The molecule has 2 fully saturated rings. The van der Waals surface area contributed by atoms with Gasteiger partial charge in [0.25, 0.3) is 0 Å². The van der Waals surface area contributed by atoms with Crippen LogP contribution < -0.4 is 10.6 Å². The largest absolute Gasteiger partial charge is 0.336 e. The lowest BCUT2D eigenvalue weighted by Gasteiger charge is -2.38. The highest BCUT2D eigenvalue weighted by molar-refractivity contribution is 5.87. The van der Waals surface area contributed by atoms with E-state index < -0.39 is 0 Å². The van der Waals surface area contributed by atoms with Gasteiger partial charge in [-0.2, -0.15) is 5.26 Å². The number of nitrogens with one attached hydrogen (secondary N) is 2. The molecule has 1 aliphatic carbocycles. The number of nitrogens with zero attached hydrogens (tertiary/aromatic N) is 1. The van der Waals surface area contributed by atoms with Gasteiger partial charge in [0.1, 0.15) is 6.04 Å². The fourth-order valence-corrected chi connectivity index (χ4v) is 2.56. The Morgan fingerprint density at radius 3 is 2.71 bits per heavy atom.